The van der Waals surface area contributed by atoms with Gasteiger partial charge in [0.2, 0.25) is 0 Å². The summed E-state index contributed by atoms with van der Waals surface area (Å²) in [6.45, 7) is 25.2. The molecule has 0 heterocycles. The Morgan fingerprint density at radius 3 is 1.41 bits per heavy atom. The highest BCUT2D eigenvalue weighted by Crippen LogP contribution is 2.33. The molecule has 4 atom stereocenters. The monoisotopic (exact) mass is 859 g/mol. The summed E-state index contributed by atoms with van der Waals surface area (Å²) in [6, 6.07) is 20.6. The zero-order chi connectivity index (χ0) is 43.2. The summed E-state index contributed by atoms with van der Waals surface area (Å²) in [4.78, 5) is 58.9. The van der Waals surface area contributed by atoms with Crippen LogP contribution in [0.5, 0.6) is 0 Å². The fraction of sp³-hybridized carbons (Fsp3) is 0.588. The van der Waals surface area contributed by atoms with Crippen molar-refractivity contribution < 1.29 is 47.7 Å². The fourth-order valence-electron chi connectivity index (χ4n) is 5.78. The van der Waals surface area contributed by atoms with Crippen LogP contribution in [0.2, 0.25) is 0 Å². The quantitative estimate of drug-likeness (QED) is 0.0460. The number of hydrogen-bond acceptors (Lipinski definition) is 10. The molecule has 0 saturated carbocycles. The highest BCUT2D eigenvalue weighted by molar-refractivity contribution is 5.86. The molecule has 0 N–H and O–H groups in total. The number of esters is 5. The van der Waals surface area contributed by atoms with Crippen molar-refractivity contribution in [2.24, 2.45) is 17.3 Å². The summed E-state index contributed by atoms with van der Waals surface area (Å²) >= 11 is 0. The fourth-order valence-corrected chi connectivity index (χ4v) is 5.78. The number of benzene rings is 2. The van der Waals surface area contributed by atoms with Crippen molar-refractivity contribution in [2.75, 3.05) is 33.0 Å². The van der Waals surface area contributed by atoms with Gasteiger partial charge in [-0.15, -0.1) is 0 Å². The highest BCUT2D eigenvalue weighted by Gasteiger charge is 2.38. The van der Waals surface area contributed by atoms with Gasteiger partial charge in [-0.1, -0.05) is 124 Å². The molecule has 4 unspecified atom stereocenters. The van der Waals surface area contributed by atoms with Gasteiger partial charge in [-0.05, 0) is 109 Å². The van der Waals surface area contributed by atoms with Gasteiger partial charge in [0.25, 0.3) is 0 Å². The molecule has 2 rings (SSSR count). The lowest BCUT2D eigenvalue weighted by Gasteiger charge is -2.28. The molecule has 10 nitrogen and oxygen atoms in total. The van der Waals surface area contributed by atoms with Crippen molar-refractivity contribution in [2.45, 2.75) is 149 Å². The van der Waals surface area contributed by atoms with Crippen LogP contribution in [0.15, 0.2) is 85.5 Å². The van der Waals surface area contributed by atoms with Crippen LogP contribution < -0.4 is 0 Å². The molecule has 2 aromatic carbocycles. The standard InChI is InChI=1S/C27H42O6.C15H20O2.C5H8O2.4CH4/c1-7-21(24(28)31-8-2)18-23(25(29)32-9-3)19-27(5,6)26(30)33-17-13-14-20(4)22-15-11-10-12-16-22;1-12(2)15(16)17-11-7-8-13(3)14-9-5-4-6-10-14;1-3-5(6)7-4-2;;;;/h10-12,15-16,20-21,23H,7-9,13-14,17-19H2,1-6H3;4-6,9-10,13H,1,7-8,11H2,2-3H3;3H,1,4H2,2H3;4*1H4. The maximum absolute atomic E-state index is 12.8. The van der Waals surface area contributed by atoms with E-state index in [4.69, 9.17) is 18.9 Å². The molecule has 0 saturated heterocycles. The number of rotatable bonds is 23. The van der Waals surface area contributed by atoms with Crippen LogP contribution in [0.3, 0.4) is 0 Å². The van der Waals surface area contributed by atoms with Crippen molar-refractivity contribution in [1.29, 1.82) is 0 Å². The first-order valence-corrected chi connectivity index (χ1v) is 20.3. The molecule has 0 spiro atoms. The van der Waals surface area contributed by atoms with Crippen LogP contribution >= 0.6 is 0 Å². The number of carbonyl (C=O) groups excluding carboxylic acids is 5. The average molecular weight is 859 g/mol. The SMILES string of the molecule is C.C.C.C.C=C(C)C(=O)OCCCC(C)c1ccccc1.C=CC(=O)OCC.CCOC(=O)C(CC)CC(CC(C)(C)C(=O)OCCCC(C)c1ccccc1)C(=O)OCC. The molecule has 0 aliphatic carbocycles. The predicted molar refractivity (Wildman–Crippen MR) is 252 cm³/mol. The third-order valence-corrected chi connectivity index (χ3v) is 9.18. The summed E-state index contributed by atoms with van der Waals surface area (Å²) in [5.74, 6) is -1.81. The Labute approximate surface area is 372 Å². The van der Waals surface area contributed by atoms with Crippen molar-refractivity contribution in [3.05, 3.63) is 96.6 Å². The summed E-state index contributed by atoms with van der Waals surface area (Å²) < 4.78 is 25.4. The van der Waals surface area contributed by atoms with Crippen molar-refractivity contribution in [3.8, 4) is 0 Å². The normalized spacial score (nSPS) is 11.8. The van der Waals surface area contributed by atoms with Crippen LogP contribution in [0.25, 0.3) is 0 Å². The average Bonchev–Trinajstić information content (AvgIpc) is 3.20. The van der Waals surface area contributed by atoms with E-state index in [1.165, 1.54) is 11.1 Å². The minimum Gasteiger partial charge on any atom is -0.466 e. The van der Waals surface area contributed by atoms with E-state index in [-0.39, 0.29) is 66.6 Å². The molecule has 0 aromatic heterocycles. The van der Waals surface area contributed by atoms with Gasteiger partial charge in [-0.2, -0.15) is 0 Å². The third-order valence-electron chi connectivity index (χ3n) is 9.18. The van der Waals surface area contributed by atoms with Crippen molar-refractivity contribution >= 4 is 29.8 Å². The van der Waals surface area contributed by atoms with Crippen LogP contribution in [0, 0.1) is 17.3 Å². The first kappa shape index (κ1) is 65.4. The minimum atomic E-state index is -0.880. The zero-order valence-corrected chi connectivity index (χ0v) is 36.1. The molecular formula is C51H86O10. The van der Waals surface area contributed by atoms with Gasteiger partial charge in [0, 0.05) is 11.6 Å². The summed E-state index contributed by atoms with van der Waals surface area (Å²) in [6.07, 6.45) is 5.83. The van der Waals surface area contributed by atoms with Gasteiger partial charge >= 0.3 is 29.8 Å². The van der Waals surface area contributed by atoms with E-state index in [1.54, 1.807) is 41.5 Å². The Bertz CT molecular complexity index is 1470. The van der Waals surface area contributed by atoms with Gasteiger partial charge in [0.15, 0.2) is 0 Å². The molecule has 0 radical (unpaired) electrons. The van der Waals surface area contributed by atoms with Crippen LogP contribution in [0.1, 0.15) is 160 Å². The van der Waals surface area contributed by atoms with Gasteiger partial charge in [-0.25, -0.2) is 9.59 Å². The van der Waals surface area contributed by atoms with Gasteiger partial charge in [0.1, 0.15) is 0 Å². The van der Waals surface area contributed by atoms with E-state index in [0.29, 0.717) is 56.7 Å². The highest BCUT2D eigenvalue weighted by atomic mass is 16.5. The Balaban J connectivity index is -0.000000313. The molecule has 0 amide bonds. The first-order chi connectivity index (χ1) is 27.1. The van der Waals surface area contributed by atoms with Crippen molar-refractivity contribution in [3.63, 3.8) is 0 Å². The Kier molecular flexibility index (Phi) is 41.0. The molecule has 2 aromatic rings. The maximum atomic E-state index is 12.8. The van der Waals surface area contributed by atoms with Crippen LogP contribution in [0.4, 0.5) is 0 Å². The maximum Gasteiger partial charge on any atom is 0.333 e. The largest absolute Gasteiger partial charge is 0.466 e. The van der Waals surface area contributed by atoms with E-state index in [1.807, 2.05) is 43.3 Å². The number of ether oxygens (including phenoxy) is 5. The van der Waals surface area contributed by atoms with E-state index in [2.05, 4.69) is 56.0 Å². The lowest BCUT2D eigenvalue weighted by molar-refractivity contribution is -0.159. The van der Waals surface area contributed by atoms with Gasteiger partial charge in [0.05, 0.1) is 50.3 Å². The second-order valence-electron chi connectivity index (χ2n) is 14.5. The van der Waals surface area contributed by atoms with Crippen LogP contribution in [-0.2, 0) is 47.7 Å². The second-order valence-corrected chi connectivity index (χ2v) is 14.5. The molecular weight excluding hydrogens is 773 g/mol. The second kappa shape index (κ2) is 38.2. The third kappa shape index (κ3) is 29.2. The molecule has 10 heteroatoms. The lowest BCUT2D eigenvalue weighted by atomic mass is 9.78. The molecule has 0 bridgehead atoms. The first-order valence-electron chi connectivity index (χ1n) is 20.3. The summed E-state index contributed by atoms with van der Waals surface area (Å²) in [5, 5.41) is 0. The zero-order valence-electron chi connectivity index (χ0n) is 36.1. The Hall–Kier alpha value is -4.73. The van der Waals surface area contributed by atoms with E-state index in [9.17, 15) is 24.0 Å². The van der Waals surface area contributed by atoms with E-state index in [0.717, 1.165) is 31.8 Å². The Morgan fingerprint density at radius 1 is 0.639 bits per heavy atom. The Morgan fingerprint density at radius 2 is 1.05 bits per heavy atom. The topological polar surface area (TPSA) is 132 Å². The molecule has 0 aliphatic heterocycles. The summed E-state index contributed by atoms with van der Waals surface area (Å²) in [7, 11) is 0. The van der Waals surface area contributed by atoms with E-state index >= 15 is 0 Å². The lowest BCUT2D eigenvalue weighted by Crippen LogP contribution is -2.34. The van der Waals surface area contributed by atoms with Gasteiger partial charge in [-0.3, -0.25) is 14.4 Å². The number of carbonyl (C=O) groups is 5. The molecule has 350 valence electrons. The molecule has 0 fully saturated rings. The molecule has 0 aliphatic rings. The predicted octanol–water partition coefficient (Wildman–Crippen LogP) is 12.7. The van der Waals surface area contributed by atoms with Gasteiger partial charge < -0.3 is 23.7 Å². The van der Waals surface area contributed by atoms with Crippen LogP contribution in [-0.4, -0.2) is 62.9 Å². The van der Waals surface area contributed by atoms with E-state index < -0.39 is 23.2 Å². The van der Waals surface area contributed by atoms with Crippen molar-refractivity contribution in [1.82, 2.24) is 0 Å². The smallest absolute Gasteiger partial charge is 0.333 e. The molecule has 61 heavy (non-hydrogen) atoms. The number of hydrogen-bond donors (Lipinski definition) is 0. The summed E-state index contributed by atoms with van der Waals surface area (Å²) in [5.41, 5.74) is 2.18. The minimum absolute atomic E-state index is 0.